The number of benzene rings is 1. The number of nitrogens with zero attached hydrogens (tertiary/aromatic N) is 5. The summed E-state index contributed by atoms with van der Waals surface area (Å²) in [6, 6.07) is 11.4. The fourth-order valence-corrected chi connectivity index (χ4v) is 5.55. The first-order chi connectivity index (χ1) is 19.6. The van der Waals surface area contributed by atoms with E-state index in [1.54, 1.807) is 38.6 Å². The number of rotatable bonds is 8. The Morgan fingerprint density at radius 3 is 2.55 bits per heavy atom. The Hall–Kier alpha value is -4.38. The van der Waals surface area contributed by atoms with Crippen LogP contribution in [0.25, 0.3) is 11.0 Å². The number of nitrogens with one attached hydrogen (secondary N) is 3. The monoisotopic (exact) mass is 542 g/mol. The van der Waals surface area contributed by atoms with Gasteiger partial charge < -0.3 is 34.9 Å². The van der Waals surface area contributed by atoms with Gasteiger partial charge in [-0.2, -0.15) is 4.98 Å². The molecule has 1 aliphatic heterocycles. The van der Waals surface area contributed by atoms with Gasteiger partial charge in [-0.25, -0.2) is 9.97 Å². The molecule has 1 amide bonds. The third-order valence-electron chi connectivity index (χ3n) is 7.63. The van der Waals surface area contributed by atoms with Gasteiger partial charge in [0.2, 0.25) is 5.95 Å². The zero-order valence-corrected chi connectivity index (χ0v) is 22.8. The van der Waals surface area contributed by atoms with Crippen molar-refractivity contribution >= 4 is 40.1 Å². The van der Waals surface area contributed by atoms with Crippen molar-refractivity contribution in [2.45, 2.75) is 31.7 Å². The molecule has 1 saturated heterocycles. The van der Waals surface area contributed by atoms with E-state index in [0.717, 1.165) is 68.6 Å². The zero-order chi connectivity index (χ0) is 27.5. The average Bonchev–Trinajstić information content (AvgIpc) is 3.66. The Bertz CT molecular complexity index is 1490. The van der Waals surface area contributed by atoms with Crippen molar-refractivity contribution in [3.63, 3.8) is 0 Å². The first kappa shape index (κ1) is 25.9. The largest absolute Gasteiger partial charge is 0.497 e. The summed E-state index contributed by atoms with van der Waals surface area (Å²) in [6.45, 7) is 3.88. The highest BCUT2D eigenvalue weighted by atomic mass is 16.5. The topological polar surface area (TPSA) is 118 Å². The van der Waals surface area contributed by atoms with Crippen molar-refractivity contribution < 1.29 is 14.3 Å². The molecule has 2 fully saturated rings. The normalized spacial score (nSPS) is 15.8. The number of hydrogen-bond donors (Lipinski definition) is 3. The van der Waals surface area contributed by atoms with Crippen molar-refractivity contribution in [3.8, 4) is 11.5 Å². The molecule has 1 saturated carbocycles. The molecule has 6 rings (SSSR count). The molecule has 208 valence electrons. The minimum atomic E-state index is -0.229. The van der Waals surface area contributed by atoms with Gasteiger partial charge in [-0.3, -0.25) is 4.79 Å². The van der Waals surface area contributed by atoms with Crippen molar-refractivity contribution in [2.24, 2.45) is 0 Å². The van der Waals surface area contributed by atoms with E-state index in [0.29, 0.717) is 34.6 Å². The van der Waals surface area contributed by atoms with Gasteiger partial charge >= 0.3 is 0 Å². The number of hydrogen-bond acceptors (Lipinski definition) is 9. The molecule has 1 aliphatic carbocycles. The van der Waals surface area contributed by atoms with Gasteiger partial charge in [0.1, 0.15) is 28.7 Å². The van der Waals surface area contributed by atoms with Crippen LogP contribution in [0.2, 0.25) is 0 Å². The van der Waals surface area contributed by atoms with Gasteiger partial charge in [0.25, 0.3) is 5.91 Å². The van der Waals surface area contributed by atoms with Crippen LogP contribution in [-0.4, -0.2) is 65.8 Å². The average molecular weight is 543 g/mol. The molecule has 3 N–H and O–H groups in total. The van der Waals surface area contributed by atoms with Crippen molar-refractivity contribution in [1.29, 1.82) is 0 Å². The molecule has 11 nitrogen and oxygen atoms in total. The molecule has 11 heteroatoms. The lowest BCUT2D eigenvalue weighted by Gasteiger charge is -2.29. The van der Waals surface area contributed by atoms with E-state index in [-0.39, 0.29) is 11.9 Å². The zero-order valence-electron chi connectivity index (χ0n) is 22.8. The lowest BCUT2D eigenvalue weighted by molar-refractivity contribution is 0.101. The van der Waals surface area contributed by atoms with Crippen LogP contribution >= 0.6 is 0 Å². The van der Waals surface area contributed by atoms with Crippen LogP contribution in [-0.2, 0) is 0 Å². The standard InChI is InChI=1S/C29H34N8O3/c1-39-22-8-9-23(25(16-22)40-2)33-28(38)24-15-19-17-32-29(35-27(19)37(24)20-5-3-4-6-20)34-26-10-7-21(18-31-26)36-13-11-30-12-14-36/h7-10,15-18,20,30H,3-6,11-14H2,1-2H3,(H,33,38)(H,31,32,34,35). The van der Waals surface area contributed by atoms with E-state index in [4.69, 9.17) is 14.5 Å². The number of carbonyl (C=O) groups is 1. The van der Waals surface area contributed by atoms with E-state index >= 15 is 0 Å². The van der Waals surface area contributed by atoms with E-state index < -0.39 is 0 Å². The number of amides is 1. The summed E-state index contributed by atoms with van der Waals surface area (Å²) in [5.74, 6) is 2.06. The maximum atomic E-state index is 13.6. The molecule has 0 radical (unpaired) electrons. The number of piperazine rings is 1. The Labute approximate surface area is 232 Å². The summed E-state index contributed by atoms with van der Waals surface area (Å²) in [6.07, 6.45) is 7.88. The molecule has 4 heterocycles. The number of anilines is 4. The van der Waals surface area contributed by atoms with Gasteiger partial charge in [-0.1, -0.05) is 12.8 Å². The lowest BCUT2D eigenvalue weighted by atomic mass is 10.2. The van der Waals surface area contributed by atoms with Crippen LogP contribution in [0.1, 0.15) is 42.2 Å². The number of methoxy groups -OCH3 is 2. The third kappa shape index (κ3) is 5.24. The van der Waals surface area contributed by atoms with Crippen LogP contribution in [0.15, 0.2) is 48.8 Å². The maximum absolute atomic E-state index is 13.6. The summed E-state index contributed by atoms with van der Waals surface area (Å²) in [5.41, 5.74) is 2.95. The molecule has 0 bridgehead atoms. The highest BCUT2D eigenvalue weighted by molar-refractivity contribution is 6.06. The highest BCUT2D eigenvalue weighted by Crippen LogP contribution is 2.36. The molecule has 40 heavy (non-hydrogen) atoms. The first-order valence-electron chi connectivity index (χ1n) is 13.7. The number of ether oxygens (including phenoxy) is 2. The van der Waals surface area contributed by atoms with Crippen LogP contribution in [0, 0.1) is 0 Å². The summed E-state index contributed by atoms with van der Waals surface area (Å²) in [5, 5.41) is 10.4. The summed E-state index contributed by atoms with van der Waals surface area (Å²) < 4.78 is 12.8. The predicted molar refractivity (Wildman–Crippen MR) is 155 cm³/mol. The SMILES string of the molecule is COc1ccc(NC(=O)c2cc3cnc(Nc4ccc(N5CCNCC5)cn4)nc3n2C2CCCC2)c(OC)c1. The minimum Gasteiger partial charge on any atom is -0.497 e. The molecular weight excluding hydrogens is 508 g/mol. The number of aromatic nitrogens is 4. The van der Waals surface area contributed by atoms with Crippen molar-refractivity contribution in [1.82, 2.24) is 24.8 Å². The van der Waals surface area contributed by atoms with Gasteiger partial charge in [0.15, 0.2) is 0 Å². The quantitative estimate of drug-likeness (QED) is 0.298. The van der Waals surface area contributed by atoms with Crippen molar-refractivity contribution in [2.75, 3.05) is 55.9 Å². The molecule has 0 atom stereocenters. The van der Waals surface area contributed by atoms with Crippen LogP contribution in [0.4, 0.5) is 23.1 Å². The Morgan fingerprint density at radius 1 is 1.00 bits per heavy atom. The van der Waals surface area contributed by atoms with E-state index in [1.165, 1.54) is 0 Å². The summed E-state index contributed by atoms with van der Waals surface area (Å²) in [7, 11) is 3.16. The molecule has 0 spiro atoms. The minimum absolute atomic E-state index is 0.190. The molecule has 2 aliphatic rings. The lowest BCUT2D eigenvalue weighted by Crippen LogP contribution is -2.43. The molecule has 3 aromatic heterocycles. The number of carbonyl (C=O) groups excluding carboxylic acids is 1. The summed E-state index contributed by atoms with van der Waals surface area (Å²) >= 11 is 0. The fraction of sp³-hybridized carbons (Fsp3) is 0.379. The smallest absolute Gasteiger partial charge is 0.272 e. The second-order valence-electron chi connectivity index (χ2n) is 10.1. The molecule has 4 aromatic rings. The van der Waals surface area contributed by atoms with E-state index in [1.807, 2.05) is 18.3 Å². The highest BCUT2D eigenvalue weighted by Gasteiger charge is 2.26. The first-order valence-corrected chi connectivity index (χ1v) is 13.7. The Morgan fingerprint density at radius 2 is 1.82 bits per heavy atom. The molecular formula is C29H34N8O3. The van der Waals surface area contributed by atoms with Crippen LogP contribution in [0.3, 0.4) is 0 Å². The predicted octanol–water partition coefficient (Wildman–Crippen LogP) is 4.36. The molecule has 1 aromatic carbocycles. The Kier molecular flexibility index (Phi) is 7.37. The van der Waals surface area contributed by atoms with E-state index in [2.05, 4.69) is 41.5 Å². The third-order valence-corrected chi connectivity index (χ3v) is 7.63. The van der Waals surface area contributed by atoms with Crippen molar-refractivity contribution in [3.05, 3.63) is 54.5 Å². The van der Waals surface area contributed by atoms with E-state index in [9.17, 15) is 4.79 Å². The number of pyridine rings is 1. The Balaban J connectivity index is 1.28. The second kappa shape index (κ2) is 11.4. The van der Waals surface area contributed by atoms with Crippen LogP contribution < -0.4 is 30.3 Å². The van der Waals surface area contributed by atoms with Gasteiger partial charge in [-0.05, 0) is 43.2 Å². The fourth-order valence-electron chi connectivity index (χ4n) is 5.55. The van der Waals surface area contributed by atoms with Gasteiger partial charge in [0, 0.05) is 49.9 Å². The second-order valence-corrected chi connectivity index (χ2v) is 10.1. The molecule has 0 unspecified atom stereocenters. The number of fused-ring (bicyclic) bond motifs is 1. The van der Waals surface area contributed by atoms with Crippen LogP contribution in [0.5, 0.6) is 11.5 Å². The van der Waals surface area contributed by atoms with Gasteiger partial charge in [0.05, 0.1) is 31.8 Å². The maximum Gasteiger partial charge on any atom is 0.272 e. The summed E-state index contributed by atoms with van der Waals surface area (Å²) in [4.78, 5) is 29.9. The van der Waals surface area contributed by atoms with Gasteiger partial charge in [-0.15, -0.1) is 0 Å².